The standard InChI is InChI=1S/C33H32N8O4/c1-42-27-17-15-23(19-29(27)44-3)21-34-39-31-36-32(40-35-22-24-16-18-28(43-2)30(20-24)45-4)38-33(37-31)41(25-11-7-5-8-12-25)26-13-9-6-10-14-26/h5-22H,1-4H3,(H2,36,37,38,39,40)/b34-21-,35-22+. The Morgan fingerprint density at radius 2 is 0.956 bits per heavy atom. The van der Waals surface area contributed by atoms with E-state index >= 15 is 0 Å². The van der Waals surface area contributed by atoms with Crippen molar-refractivity contribution in [1.29, 1.82) is 0 Å². The van der Waals surface area contributed by atoms with Crippen LogP contribution in [0.4, 0.5) is 29.2 Å². The molecule has 0 fully saturated rings. The minimum absolute atomic E-state index is 0.192. The van der Waals surface area contributed by atoms with Gasteiger partial charge in [-0.3, -0.25) is 4.90 Å². The average molecular weight is 605 g/mol. The Bertz CT molecular complexity index is 1640. The van der Waals surface area contributed by atoms with Crippen LogP contribution in [0.2, 0.25) is 0 Å². The molecule has 0 spiro atoms. The van der Waals surface area contributed by atoms with Crippen molar-refractivity contribution in [3.8, 4) is 23.0 Å². The molecule has 5 rings (SSSR count). The summed E-state index contributed by atoms with van der Waals surface area (Å²) in [7, 11) is 6.33. The van der Waals surface area contributed by atoms with Crippen LogP contribution in [0.3, 0.4) is 0 Å². The van der Waals surface area contributed by atoms with E-state index in [2.05, 4.69) is 26.0 Å². The van der Waals surface area contributed by atoms with Gasteiger partial charge in [-0.25, -0.2) is 10.9 Å². The highest BCUT2D eigenvalue weighted by atomic mass is 16.5. The van der Waals surface area contributed by atoms with Crippen LogP contribution in [0.25, 0.3) is 0 Å². The fourth-order valence-electron chi connectivity index (χ4n) is 4.29. The van der Waals surface area contributed by atoms with Gasteiger partial charge in [0.15, 0.2) is 23.0 Å². The summed E-state index contributed by atoms with van der Waals surface area (Å²) < 4.78 is 21.4. The van der Waals surface area contributed by atoms with Gasteiger partial charge in [0.2, 0.25) is 17.8 Å². The minimum atomic E-state index is 0.192. The maximum absolute atomic E-state index is 5.40. The second-order valence-corrected chi connectivity index (χ2v) is 9.26. The van der Waals surface area contributed by atoms with Crippen molar-refractivity contribution >= 4 is 41.6 Å². The lowest BCUT2D eigenvalue weighted by Gasteiger charge is -2.23. The van der Waals surface area contributed by atoms with E-state index in [1.165, 1.54) is 0 Å². The maximum Gasteiger partial charge on any atom is 0.250 e. The molecule has 45 heavy (non-hydrogen) atoms. The number of hydrogen-bond acceptors (Lipinski definition) is 12. The summed E-state index contributed by atoms with van der Waals surface area (Å²) in [5.41, 5.74) is 9.11. The largest absolute Gasteiger partial charge is 0.493 e. The van der Waals surface area contributed by atoms with Crippen molar-refractivity contribution < 1.29 is 18.9 Å². The molecule has 0 aliphatic rings. The van der Waals surface area contributed by atoms with E-state index in [0.29, 0.717) is 28.9 Å². The summed E-state index contributed by atoms with van der Waals surface area (Å²) >= 11 is 0. The number of nitrogens with zero attached hydrogens (tertiary/aromatic N) is 6. The van der Waals surface area contributed by atoms with Gasteiger partial charge in [-0.15, -0.1) is 0 Å². The lowest BCUT2D eigenvalue weighted by atomic mass is 10.2. The number of aromatic nitrogens is 3. The van der Waals surface area contributed by atoms with Crippen LogP contribution in [0.1, 0.15) is 11.1 Å². The number of hydrazone groups is 2. The van der Waals surface area contributed by atoms with Crippen LogP contribution < -0.4 is 34.7 Å². The highest BCUT2D eigenvalue weighted by molar-refractivity contribution is 5.82. The van der Waals surface area contributed by atoms with E-state index in [1.54, 1.807) is 53.0 Å². The molecule has 1 aromatic heterocycles. The van der Waals surface area contributed by atoms with Crippen LogP contribution in [0, 0.1) is 0 Å². The van der Waals surface area contributed by atoms with E-state index in [9.17, 15) is 0 Å². The molecule has 0 aliphatic heterocycles. The Hall–Kier alpha value is -6.17. The van der Waals surface area contributed by atoms with Gasteiger partial charge >= 0.3 is 0 Å². The van der Waals surface area contributed by atoms with Crippen molar-refractivity contribution in [2.75, 3.05) is 44.2 Å². The van der Waals surface area contributed by atoms with Gasteiger partial charge in [-0.05, 0) is 71.8 Å². The number of hydrogen-bond donors (Lipinski definition) is 2. The molecule has 12 nitrogen and oxygen atoms in total. The van der Waals surface area contributed by atoms with Crippen LogP contribution in [0.5, 0.6) is 23.0 Å². The fourth-order valence-corrected chi connectivity index (χ4v) is 4.29. The number of anilines is 5. The predicted octanol–water partition coefficient (Wildman–Crippen LogP) is 6.27. The summed E-state index contributed by atoms with van der Waals surface area (Å²) in [6.07, 6.45) is 3.25. The van der Waals surface area contributed by atoms with E-state index in [0.717, 1.165) is 22.5 Å². The zero-order valence-corrected chi connectivity index (χ0v) is 25.2. The number of methoxy groups -OCH3 is 4. The summed E-state index contributed by atoms with van der Waals surface area (Å²) in [6.45, 7) is 0. The lowest BCUT2D eigenvalue weighted by Crippen LogP contribution is -2.16. The first kappa shape index (κ1) is 30.3. The van der Waals surface area contributed by atoms with E-state index in [4.69, 9.17) is 28.9 Å². The molecule has 0 unspecified atom stereocenters. The first-order chi connectivity index (χ1) is 22.1. The molecule has 228 valence electrons. The molecule has 12 heteroatoms. The SMILES string of the molecule is COc1ccc(/C=N\Nc2nc(N/N=C/c3ccc(OC)c(OC)c3)nc(N(c3ccccc3)c3ccccc3)n2)cc1OC. The van der Waals surface area contributed by atoms with Gasteiger partial charge in [0.25, 0.3) is 0 Å². The van der Waals surface area contributed by atoms with Gasteiger partial charge in [0, 0.05) is 11.4 Å². The molecule has 0 saturated carbocycles. The van der Waals surface area contributed by atoms with Gasteiger partial charge in [-0.1, -0.05) is 36.4 Å². The number of nitrogens with one attached hydrogen (secondary N) is 2. The van der Waals surface area contributed by atoms with Crippen molar-refractivity contribution in [3.05, 3.63) is 108 Å². The highest BCUT2D eigenvalue weighted by Gasteiger charge is 2.18. The number of ether oxygens (including phenoxy) is 4. The average Bonchev–Trinajstić information content (AvgIpc) is 3.09. The summed E-state index contributed by atoms with van der Waals surface area (Å²) in [5, 5.41) is 8.72. The molecule has 1 heterocycles. The van der Waals surface area contributed by atoms with Crippen molar-refractivity contribution in [2.24, 2.45) is 10.2 Å². The van der Waals surface area contributed by atoms with Crippen LogP contribution >= 0.6 is 0 Å². The van der Waals surface area contributed by atoms with Gasteiger partial charge in [0.05, 0.1) is 40.9 Å². The third-order valence-electron chi connectivity index (χ3n) is 6.42. The lowest BCUT2D eigenvalue weighted by molar-refractivity contribution is 0.355. The number of benzene rings is 4. The molecule has 2 N–H and O–H groups in total. The van der Waals surface area contributed by atoms with E-state index < -0.39 is 0 Å². The fraction of sp³-hybridized carbons (Fsp3) is 0.121. The molecule has 4 aromatic carbocycles. The number of rotatable bonds is 13. The van der Waals surface area contributed by atoms with E-state index in [-0.39, 0.29) is 11.9 Å². The summed E-state index contributed by atoms with van der Waals surface area (Å²) in [4.78, 5) is 15.8. The van der Waals surface area contributed by atoms with Gasteiger partial charge in [-0.2, -0.15) is 25.2 Å². The summed E-state index contributed by atoms with van der Waals surface area (Å²) in [5.74, 6) is 3.14. The third kappa shape index (κ3) is 7.62. The Labute approximate surface area is 261 Å². The monoisotopic (exact) mass is 604 g/mol. The summed E-state index contributed by atoms with van der Waals surface area (Å²) in [6, 6.07) is 30.5. The quantitative estimate of drug-likeness (QED) is 0.117. The Kier molecular flexibility index (Phi) is 9.98. The Morgan fingerprint density at radius 1 is 0.533 bits per heavy atom. The zero-order chi connectivity index (χ0) is 31.4. The topological polar surface area (TPSA) is 128 Å². The highest BCUT2D eigenvalue weighted by Crippen LogP contribution is 2.33. The molecule has 0 radical (unpaired) electrons. The first-order valence-electron chi connectivity index (χ1n) is 13.8. The Morgan fingerprint density at radius 3 is 1.36 bits per heavy atom. The predicted molar refractivity (Wildman–Crippen MR) is 176 cm³/mol. The molecule has 0 aliphatic carbocycles. The molecule has 0 atom stereocenters. The smallest absolute Gasteiger partial charge is 0.250 e. The van der Waals surface area contributed by atoms with Crippen LogP contribution in [-0.2, 0) is 0 Å². The molecule has 0 bridgehead atoms. The Balaban J connectivity index is 1.48. The van der Waals surface area contributed by atoms with Crippen molar-refractivity contribution in [2.45, 2.75) is 0 Å². The molecule has 0 saturated heterocycles. The molecular weight excluding hydrogens is 572 g/mol. The van der Waals surface area contributed by atoms with Gasteiger partial charge < -0.3 is 18.9 Å². The normalized spacial score (nSPS) is 10.9. The second-order valence-electron chi connectivity index (χ2n) is 9.26. The molecule has 5 aromatic rings. The van der Waals surface area contributed by atoms with E-state index in [1.807, 2.05) is 89.8 Å². The van der Waals surface area contributed by atoms with Gasteiger partial charge in [0.1, 0.15) is 0 Å². The first-order valence-corrected chi connectivity index (χ1v) is 13.8. The van der Waals surface area contributed by atoms with Crippen molar-refractivity contribution in [3.63, 3.8) is 0 Å². The molecular formula is C33H32N8O4. The zero-order valence-electron chi connectivity index (χ0n) is 25.2. The third-order valence-corrected chi connectivity index (χ3v) is 6.42. The van der Waals surface area contributed by atoms with Crippen LogP contribution in [-0.4, -0.2) is 55.8 Å². The number of para-hydroxylation sites is 2. The second kappa shape index (κ2) is 14.8. The van der Waals surface area contributed by atoms with Crippen LogP contribution in [0.15, 0.2) is 107 Å². The maximum atomic E-state index is 5.40. The minimum Gasteiger partial charge on any atom is -0.493 e. The van der Waals surface area contributed by atoms with Crippen molar-refractivity contribution in [1.82, 2.24) is 15.0 Å². The molecule has 0 amide bonds.